The van der Waals surface area contributed by atoms with Crippen molar-refractivity contribution in [3.05, 3.63) is 64.7 Å². The highest BCUT2D eigenvalue weighted by Crippen LogP contribution is 2.53. The van der Waals surface area contributed by atoms with E-state index in [1.807, 2.05) is 0 Å². The van der Waals surface area contributed by atoms with E-state index in [-0.39, 0.29) is 29.3 Å². The predicted octanol–water partition coefficient (Wildman–Crippen LogP) is 6.15. The maximum Gasteiger partial charge on any atom is 0.335 e. The van der Waals surface area contributed by atoms with Crippen LogP contribution in [0.4, 0.5) is 0 Å². The summed E-state index contributed by atoms with van der Waals surface area (Å²) in [7, 11) is 0. The van der Waals surface area contributed by atoms with Crippen molar-refractivity contribution in [3.63, 3.8) is 0 Å². The minimum absolute atomic E-state index is 0.0444. The zero-order valence-corrected chi connectivity index (χ0v) is 18.4. The Balaban J connectivity index is 1.62. The standard InChI is InChI=1S/C26H32O4/c1-5-6-7-17-8-10-18(11-9-17)20-15-22-24(29-16(20)2)21-14-19(25(27)28)12-13-23(21)30-26(22,3)4/h8-14,16,20,22,24H,5-7,15H2,1-4H3,(H,27,28)/t16-,20-,22?,24?/m1/s1. The number of hydrogen-bond acceptors (Lipinski definition) is 3. The zero-order chi connectivity index (χ0) is 21.5. The molecule has 30 heavy (non-hydrogen) atoms. The lowest BCUT2D eigenvalue weighted by atomic mass is 9.70. The van der Waals surface area contributed by atoms with Crippen LogP contribution in [-0.2, 0) is 11.2 Å². The SMILES string of the molecule is CCCCc1ccc([C@@H]2CC3C(O[C@@H]2C)c2cc(C(=O)O)ccc2OC3(C)C)cc1. The number of aryl methyl sites for hydroxylation is 1. The van der Waals surface area contributed by atoms with E-state index in [0.717, 1.165) is 24.2 Å². The van der Waals surface area contributed by atoms with Gasteiger partial charge in [0.15, 0.2) is 0 Å². The second-order valence-electron chi connectivity index (χ2n) is 9.32. The van der Waals surface area contributed by atoms with Gasteiger partial charge in [0.25, 0.3) is 0 Å². The van der Waals surface area contributed by atoms with E-state index in [1.54, 1.807) is 18.2 Å². The van der Waals surface area contributed by atoms with Crippen LogP contribution in [0.15, 0.2) is 42.5 Å². The van der Waals surface area contributed by atoms with Crippen molar-refractivity contribution >= 4 is 5.97 Å². The summed E-state index contributed by atoms with van der Waals surface area (Å²) >= 11 is 0. The fourth-order valence-electron chi connectivity index (χ4n) is 5.02. The highest BCUT2D eigenvalue weighted by Gasteiger charge is 2.49. The topological polar surface area (TPSA) is 55.8 Å². The van der Waals surface area contributed by atoms with Gasteiger partial charge in [0.2, 0.25) is 0 Å². The van der Waals surface area contributed by atoms with Crippen LogP contribution in [0.1, 0.15) is 86.0 Å². The van der Waals surface area contributed by atoms with Gasteiger partial charge < -0.3 is 14.6 Å². The summed E-state index contributed by atoms with van der Waals surface area (Å²) in [5, 5.41) is 9.42. The van der Waals surface area contributed by atoms with E-state index in [9.17, 15) is 9.90 Å². The van der Waals surface area contributed by atoms with Crippen molar-refractivity contribution in [1.82, 2.24) is 0 Å². The van der Waals surface area contributed by atoms with Crippen molar-refractivity contribution in [3.8, 4) is 5.75 Å². The third-order valence-corrected chi connectivity index (χ3v) is 6.86. The van der Waals surface area contributed by atoms with E-state index in [4.69, 9.17) is 9.47 Å². The molecule has 2 aromatic carbocycles. The minimum atomic E-state index is -0.927. The lowest BCUT2D eigenvalue weighted by molar-refractivity contribution is -0.153. The largest absolute Gasteiger partial charge is 0.487 e. The zero-order valence-electron chi connectivity index (χ0n) is 18.4. The van der Waals surface area contributed by atoms with Gasteiger partial charge in [0.1, 0.15) is 11.4 Å². The minimum Gasteiger partial charge on any atom is -0.487 e. The molecule has 2 aliphatic heterocycles. The number of carboxylic acids is 1. The molecule has 0 amide bonds. The molecule has 2 unspecified atom stereocenters. The van der Waals surface area contributed by atoms with Gasteiger partial charge in [0, 0.05) is 17.4 Å². The molecule has 4 atom stereocenters. The summed E-state index contributed by atoms with van der Waals surface area (Å²) in [5.74, 6) is 0.245. The van der Waals surface area contributed by atoms with Crippen molar-refractivity contribution < 1.29 is 19.4 Å². The van der Waals surface area contributed by atoms with Crippen molar-refractivity contribution in [2.24, 2.45) is 5.92 Å². The maximum absolute atomic E-state index is 11.5. The molecular formula is C26H32O4. The molecule has 1 N–H and O–H groups in total. The molecule has 2 heterocycles. The molecule has 160 valence electrons. The van der Waals surface area contributed by atoms with Crippen LogP contribution >= 0.6 is 0 Å². The summed E-state index contributed by atoms with van der Waals surface area (Å²) in [4.78, 5) is 11.5. The maximum atomic E-state index is 11.5. The van der Waals surface area contributed by atoms with Crippen LogP contribution in [0.25, 0.3) is 0 Å². The van der Waals surface area contributed by atoms with Crippen LogP contribution in [0, 0.1) is 5.92 Å². The number of hydrogen-bond donors (Lipinski definition) is 1. The summed E-state index contributed by atoms with van der Waals surface area (Å²) in [5.41, 5.74) is 3.44. The number of carbonyl (C=O) groups is 1. The Labute approximate surface area is 179 Å². The second-order valence-corrected chi connectivity index (χ2v) is 9.32. The van der Waals surface area contributed by atoms with Crippen LogP contribution in [-0.4, -0.2) is 22.8 Å². The number of carboxylic acid groups (broad SMARTS) is 1. The van der Waals surface area contributed by atoms with Gasteiger partial charge in [-0.3, -0.25) is 0 Å². The van der Waals surface area contributed by atoms with Gasteiger partial charge in [-0.2, -0.15) is 0 Å². The molecule has 1 fully saturated rings. The molecule has 0 spiro atoms. The monoisotopic (exact) mass is 408 g/mol. The fraction of sp³-hybridized carbons (Fsp3) is 0.500. The summed E-state index contributed by atoms with van der Waals surface area (Å²) in [6.45, 7) is 8.58. The number of fused-ring (bicyclic) bond motifs is 3. The Kier molecular flexibility index (Phi) is 5.63. The van der Waals surface area contributed by atoms with Gasteiger partial charge in [-0.1, -0.05) is 37.6 Å². The first-order chi connectivity index (χ1) is 14.3. The number of unbranched alkanes of at least 4 members (excludes halogenated alkanes) is 1. The Hall–Kier alpha value is -2.33. The first-order valence-electron chi connectivity index (χ1n) is 11.1. The number of aromatic carboxylic acids is 1. The first kappa shape index (κ1) is 20.9. The Bertz CT molecular complexity index is 915. The van der Waals surface area contributed by atoms with Crippen LogP contribution in [0.2, 0.25) is 0 Å². The van der Waals surface area contributed by atoms with Crippen molar-refractivity contribution in [1.29, 1.82) is 0 Å². The highest BCUT2D eigenvalue weighted by molar-refractivity contribution is 5.88. The van der Waals surface area contributed by atoms with Gasteiger partial charge >= 0.3 is 5.97 Å². The van der Waals surface area contributed by atoms with Crippen molar-refractivity contribution in [2.75, 3.05) is 0 Å². The second kappa shape index (κ2) is 8.07. The molecule has 4 rings (SSSR count). The van der Waals surface area contributed by atoms with E-state index >= 15 is 0 Å². The van der Waals surface area contributed by atoms with Gasteiger partial charge in [-0.05, 0) is 69.4 Å². The molecular weight excluding hydrogens is 376 g/mol. The van der Waals surface area contributed by atoms with E-state index in [0.29, 0.717) is 5.92 Å². The van der Waals surface area contributed by atoms with Gasteiger partial charge in [-0.15, -0.1) is 0 Å². The summed E-state index contributed by atoms with van der Waals surface area (Å²) in [6, 6.07) is 14.1. The lowest BCUT2D eigenvalue weighted by Gasteiger charge is -2.50. The predicted molar refractivity (Wildman–Crippen MR) is 117 cm³/mol. The van der Waals surface area contributed by atoms with Gasteiger partial charge in [-0.25, -0.2) is 4.79 Å². The average molecular weight is 409 g/mol. The molecule has 0 aliphatic carbocycles. The molecule has 0 radical (unpaired) electrons. The fourth-order valence-corrected chi connectivity index (χ4v) is 5.02. The quantitative estimate of drug-likeness (QED) is 0.645. The Morgan fingerprint density at radius 1 is 1.17 bits per heavy atom. The number of rotatable bonds is 5. The molecule has 2 aromatic rings. The van der Waals surface area contributed by atoms with Crippen LogP contribution < -0.4 is 4.74 Å². The Morgan fingerprint density at radius 3 is 2.57 bits per heavy atom. The smallest absolute Gasteiger partial charge is 0.335 e. The first-order valence-corrected chi connectivity index (χ1v) is 11.1. The molecule has 0 saturated carbocycles. The van der Waals surface area contributed by atoms with E-state index in [2.05, 4.69) is 52.0 Å². The molecule has 1 saturated heterocycles. The van der Waals surface area contributed by atoms with Crippen LogP contribution in [0.3, 0.4) is 0 Å². The average Bonchev–Trinajstić information content (AvgIpc) is 2.71. The summed E-state index contributed by atoms with van der Waals surface area (Å²) < 4.78 is 12.9. The number of benzene rings is 2. The highest BCUT2D eigenvalue weighted by atomic mass is 16.5. The third kappa shape index (κ3) is 3.85. The van der Waals surface area contributed by atoms with Crippen LogP contribution in [0.5, 0.6) is 5.75 Å². The normalized spacial score (nSPS) is 26.9. The molecule has 0 bridgehead atoms. The van der Waals surface area contributed by atoms with E-state index < -0.39 is 5.97 Å². The molecule has 2 aliphatic rings. The van der Waals surface area contributed by atoms with E-state index in [1.165, 1.54) is 24.0 Å². The molecule has 4 nitrogen and oxygen atoms in total. The summed E-state index contributed by atoms with van der Waals surface area (Å²) in [6.07, 6.45) is 4.39. The van der Waals surface area contributed by atoms with Gasteiger partial charge in [0.05, 0.1) is 17.8 Å². The van der Waals surface area contributed by atoms with Crippen molar-refractivity contribution in [2.45, 2.75) is 77.1 Å². The lowest BCUT2D eigenvalue weighted by Crippen LogP contribution is -2.50. The third-order valence-electron chi connectivity index (χ3n) is 6.86. The molecule has 4 heteroatoms. The molecule has 0 aromatic heterocycles. The number of ether oxygens (including phenoxy) is 2. The Morgan fingerprint density at radius 2 is 1.90 bits per heavy atom.